The van der Waals surface area contributed by atoms with Gasteiger partial charge in [-0.15, -0.1) is 0 Å². The molecule has 0 radical (unpaired) electrons. The number of rotatable bonds is 5. The molecular weight excluding hydrogens is 346 g/mol. The lowest BCUT2D eigenvalue weighted by molar-refractivity contribution is -0.181. The van der Waals surface area contributed by atoms with Crippen molar-refractivity contribution < 1.29 is 19.1 Å². The predicted molar refractivity (Wildman–Crippen MR) is 97.9 cm³/mol. The first kappa shape index (κ1) is 18.4. The number of carbonyl (C=O) groups is 2. The van der Waals surface area contributed by atoms with Crippen LogP contribution < -0.4 is 5.32 Å². The Hall–Kier alpha value is -1.99. The van der Waals surface area contributed by atoms with Crippen LogP contribution in [-0.4, -0.2) is 66.3 Å². The molecule has 0 aromatic carbocycles. The van der Waals surface area contributed by atoms with Gasteiger partial charge in [-0.3, -0.25) is 14.6 Å². The second kappa shape index (κ2) is 8.35. The standard InChI is InChI=1S/C20H27N3O4/c24-19(11-14-3-7-21-8-4-14)23-13-18-17(23)2-1-16(27-18)12-22-20(25)15-5-9-26-10-6-15/h3-4,7-8,15-18H,1-2,5-6,9-13H2,(H,22,25)/t16-,17-,18-/m0/s1. The van der Waals surface area contributed by atoms with Gasteiger partial charge in [-0.05, 0) is 43.4 Å². The third-order valence-corrected chi connectivity index (χ3v) is 5.88. The molecule has 1 N–H and O–H groups in total. The summed E-state index contributed by atoms with van der Waals surface area (Å²) in [4.78, 5) is 30.7. The van der Waals surface area contributed by atoms with Crippen molar-refractivity contribution >= 4 is 11.8 Å². The lowest BCUT2D eigenvalue weighted by atomic mass is 9.89. The van der Waals surface area contributed by atoms with E-state index in [9.17, 15) is 9.59 Å². The van der Waals surface area contributed by atoms with Crippen molar-refractivity contribution in [3.63, 3.8) is 0 Å². The van der Waals surface area contributed by atoms with E-state index in [-0.39, 0.29) is 36.0 Å². The number of ether oxygens (including phenoxy) is 2. The minimum absolute atomic E-state index is 0.0486. The summed E-state index contributed by atoms with van der Waals surface area (Å²) in [6.07, 6.45) is 7.40. The van der Waals surface area contributed by atoms with E-state index in [2.05, 4.69) is 10.3 Å². The largest absolute Gasteiger partial charge is 0.381 e. The van der Waals surface area contributed by atoms with E-state index in [1.807, 2.05) is 17.0 Å². The molecule has 146 valence electrons. The molecule has 3 fully saturated rings. The van der Waals surface area contributed by atoms with Crippen LogP contribution in [0.4, 0.5) is 0 Å². The number of fused-ring (bicyclic) bond motifs is 1. The molecule has 1 aromatic heterocycles. The summed E-state index contributed by atoms with van der Waals surface area (Å²) in [7, 11) is 0. The topological polar surface area (TPSA) is 80.8 Å². The lowest BCUT2D eigenvalue weighted by Crippen LogP contribution is -2.66. The van der Waals surface area contributed by atoms with Gasteiger partial charge >= 0.3 is 0 Å². The van der Waals surface area contributed by atoms with E-state index in [0.717, 1.165) is 31.2 Å². The number of hydrogen-bond acceptors (Lipinski definition) is 5. The first-order valence-corrected chi connectivity index (χ1v) is 9.90. The molecule has 3 saturated heterocycles. The van der Waals surface area contributed by atoms with Gasteiger partial charge in [0.15, 0.2) is 0 Å². The van der Waals surface area contributed by atoms with Crippen LogP contribution in [0.15, 0.2) is 24.5 Å². The number of hydrogen-bond donors (Lipinski definition) is 1. The first-order valence-electron chi connectivity index (χ1n) is 9.90. The van der Waals surface area contributed by atoms with Gasteiger partial charge in [0.25, 0.3) is 0 Å². The molecule has 7 nitrogen and oxygen atoms in total. The van der Waals surface area contributed by atoms with Gasteiger partial charge in [0.1, 0.15) is 0 Å². The van der Waals surface area contributed by atoms with Crippen molar-refractivity contribution in [3.8, 4) is 0 Å². The summed E-state index contributed by atoms with van der Waals surface area (Å²) in [6.45, 7) is 2.56. The fourth-order valence-electron chi connectivity index (χ4n) is 4.19. The van der Waals surface area contributed by atoms with Gasteiger partial charge in [0.2, 0.25) is 11.8 Å². The summed E-state index contributed by atoms with van der Waals surface area (Å²) in [5.74, 6) is 0.337. The molecule has 1 aromatic rings. The van der Waals surface area contributed by atoms with Crippen molar-refractivity contribution in [3.05, 3.63) is 30.1 Å². The number of nitrogens with one attached hydrogen (secondary N) is 1. The maximum absolute atomic E-state index is 12.5. The fraction of sp³-hybridized carbons (Fsp3) is 0.650. The number of likely N-dealkylation sites (tertiary alicyclic amines) is 1. The van der Waals surface area contributed by atoms with Crippen LogP contribution in [-0.2, 0) is 25.5 Å². The molecule has 7 heteroatoms. The van der Waals surface area contributed by atoms with Crippen LogP contribution in [0.25, 0.3) is 0 Å². The Balaban J connectivity index is 1.20. The molecule has 0 bridgehead atoms. The average molecular weight is 373 g/mol. The Morgan fingerprint density at radius 1 is 1.15 bits per heavy atom. The molecule has 2 amide bonds. The van der Waals surface area contributed by atoms with Crippen LogP contribution in [0.5, 0.6) is 0 Å². The number of amides is 2. The van der Waals surface area contributed by atoms with Crippen LogP contribution >= 0.6 is 0 Å². The molecule has 3 aliphatic heterocycles. The van der Waals surface area contributed by atoms with Crippen molar-refractivity contribution in [2.75, 3.05) is 26.3 Å². The van der Waals surface area contributed by atoms with E-state index in [1.54, 1.807) is 12.4 Å². The second-order valence-corrected chi connectivity index (χ2v) is 7.65. The molecule has 4 rings (SSSR count). The highest BCUT2D eigenvalue weighted by molar-refractivity contribution is 5.80. The van der Waals surface area contributed by atoms with Crippen molar-refractivity contribution in [2.45, 2.75) is 50.4 Å². The second-order valence-electron chi connectivity index (χ2n) is 7.65. The minimum Gasteiger partial charge on any atom is -0.381 e. The highest BCUT2D eigenvalue weighted by Crippen LogP contribution is 2.32. The Kier molecular flexibility index (Phi) is 5.69. The van der Waals surface area contributed by atoms with Crippen LogP contribution in [0.1, 0.15) is 31.2 Å². The Morgan fingerprint density at radius 3 is 2.67 bits per heavy atom. The Bertz CT molecular complexity index is 662. The van der Waals surface area contributed by atoms with Gasteiger partial charge in [0, 0.05) is 44.6 Å². The summed E-state index contributed by atoms with van der Waals surface area (Å²) < 4.78 is 11.4. The van der Waals surface area contributed by atoms with Gasteiger partial charge in [-0.2, -0.15) is 0 Å². The van der Waals surface area contributed by atoms with Gasteiger partial charge < -0.3 is 19.7 Å². The van der Waals surface area contributed by atoms with Gasteiger partial charge in [-0.25, -0.2) is 0 Å². The van der Waals surface area contributed by atoms with Gasteiger partial charge in [0.05, 0.1) is 24.7 Å². The number of pyridine rings is 1. The monoisotopic (exact) mass is 373 g/mol. The number of carbonyl (C=O) groups excluding carboxylic acids is 2. The quantitative estimate of drug-likeness (QED) is 0.830. The summed E-state index contributed by atoms with van der Waals surface area (Å²) in [5.41, 5.74) is 0.990. The molecule has 0 saturated carbocycles. The third-order valence-electron chi connectivity index (χ3n) is 5.88. The maximum Gasteiger partial charge on any atom is 0.227 e. The molecule has 0 unspecified atom stereocenters. The Labute approximate surface area is 159 Å². The van der Waals surface area contributed by atoms with Crippen LogP contribution in [0.2, 0.25) is 0 Å². The number of nitrogens with zero attached hydrogens (tertiary/aromatic N) is 2. The summed E-state index contributed by atoms with van der Waals surface area (Å²) in [5, 5.41) is 3.04. The van der Waals surface area contributed by atoms with E-state index in [1.165, 1.54) is 0 Å². The SMILES string of the molecule is O=C(NC[C@@H]1CC[C@H]2[C@H](CN2C(=O)Cc2ccncc2)O1)C1CCOCC1. The smallest absolute Gasteiger partial charge is 0.227 e. The molecule has 4 heterocycles. The number of aromatic nitrogens is 1. The summed E-state index contributed by atoms with van der Waals surface area (Å²) >= 11 is 0. The average Bonchev–Trinajstić information content (AvgIpc) is 2.69. The van der Waals surface area contributed by atoms with Crippen molar-refractivity contribution in [2.24, 2.45) is 5.92 Å². The van der Waals surface area contributed by atoms with E-state index < -0.39 is 0 Å². The van der Waals surface area contributed by atoms with Crippen LogP contribution in [0.3, 0.4) is 0 Å². The third kappa shape index (κ3) is 4.30. The normalized spacial score (nSPS) is 28.1. The molecule has 27 heavy (non-hydrogen) atoms. The zero-order chi connectivity index (χ0) is 18.6. The van der Waals surface area contributed by atoms with E-state index in [4.69, 9.17) is 9.47 Å². The zero-order valence-corrected chi connectivity index (χ0v) is 15.5. The maximum atomic E-state index is 12.5. The van der Waals surface area contributed by atoms with E-state index >= 15 is 0 Å². The lowest BCUT2D eigenvalue weighted by Gasteiger charge is -2.52. The Morgan fingerprint density at radius 2 is 1.93 bits per heavy atom. The van der Waals surface area contributed by atoms with Crippen LogP contribution in [0, 0.1) is 5.92 Å². The van der Waals surface area contributed by atoms with Crippen molar-refractivity contribution in [1.82, 2.24) is 15.2 Å². The van der Waals surface area contributed by atoms with E-state index in [0.29, 0.717) is 32.7 Å². The molecule has 0 spiro atoms. The molecule has 3 atom stereocenters. The fourth-order valence-corrected chi connectivity index (χ4v) is 4.19. The first-order chi connectivity index (χ1) is 13.2. The highest BCUT2D eigenvalue weighted by atomic mass is 16.5. The van der Waals surface area contributed by atoms with Gasteiger partial charge in [-0.1, -0.05) is 0 Å². The summed E-state index contributed by atoms with van der Waals surface area (Å²) in [6, 6.07) is 3.94. The molecule has 3 aliphatic rings. The van der Waals surface area contributed by atoms with Crippen molar-refractivity contribution in [1.29, 1.82) is 0 Å². The highest BCUT2D eigenvalue weighted by Gasteiger charge is 2.46. The zero-order valence-electron chi connectivity index (χ0n) is 15.5. The molecular formula is C20H27N3O4. The molecule has 0 aliphatic carbocycles. The predicted octanol–water partition coefficient (Wildman–Crippen LogP) is 0.925. The minimum atomic E-state index is 0.0486.